The molecule has 0 spiro atoms. The second kappa shape index (κ2) is 10.7. The number of benzene rings is 2. The highest BCUT2D eigenvalue weighted by Gasteiger charge is 2.39. The number of ether oxygens (including phenoxy) is 1. The van der Waals surface area contributed by atoms with Crippen molar-refractivity contribution in [3.8, 4) is 5.75 Å². The lowest BCUT2D eigenvalue weighted by molar-refractivity contribution is -0.142. The summed E-state index contributed by atoms with van der Waals surface area (Å²) in [4.78, 5) is 12.4. The fourth-order valence-electron chi connectivity index (χ4n) is 5.92. The SMILES string of the molecule is C=CCCC1CCC2CC(c3ccc(C(=O)Oc4cc(F)c(C(F)(F)F)c(F)c4)cc3F)CCC2C1. The molecular formula is C28H28F6O2. The average Bonchev–Trinajstić information content (AvgIpc) is 2.80. The minimum atomic E-state index is -5.24. The lowest BCUT2D eigenvalue weighted by atomic mass is 9.63. The standard InChI is InChI=1S/C28H28F6O2/c1-2-3-4-16-5-6-18-12-19(8-7-17(18)11-16)22-10-9-20(13-23(22)29)27(35)36-21-14-24(30)26(25(31)15-21)28(32,33)34/h2,9-10,13-19H,1,3-8,11-12H2. The molecule has 0 bridgehead atoms. The molecule has 4 unspecified atom stereocenters. The van der Waals surface area contributed by atoms with Gasteiger partial charge in [-0.15, -0.1) is 6.58 Å². The third-order valence-corrected chi connectivity index (χ3v) is 7.69. The number of hydrogen-bond acceptors (Lipinski definition) is 2. The van der Waals surface area contributed by atoms with E-state index in [1.54, 1.807) is 0 Å². The molecule has 0 N–H and O–H groups in total. The number of hydrogen-bond donors (Lipinski definition) is 0. The average molecular weight is 511 g/mol. The first-order valence-corrected chi connectivity index (χ1v) is 12.3. The summed E-state index contributed by atoms with van der Waals surface area (Å²) < 4.78 is 85.5. The Kier molecular flexibility index (Phi) is 7.81. The van der Waals surface area contributed by atoms with E-state index in [2.05, 4.69) is 6.58 Å². The molecule has 2 aromatic carbocycles. The number of fused-ring (bicyclic) bond motifs is 1. The van der Waals surface area contributed by atoms with Crippen LogP contribution in [0.3, 0.4) is 0 Å². The Labute approximate surface area is 206 Å². The first-order valence-electron chi connectivity index (χ1n) is 12.3. The number of alkyl halides is 3. The molecule has 2 nitrogen and oxygen atoms in total. The van der Waals surface area contributed by atoms with Crippen LogP contribution in [-0.2, 0) is 6.18 Å². The van der Waals surface area contributed by atoms with Gasteiger partial charge in [0.1, 0.15) is 28.8 Å². The van der Waals surface area contributed by atoms with Crippen LogP contribution in [0.2, 0.25) is 0 Å². The van der Waals surface area contributed by atoms with Crippen molar-refractivity contribution in [2.24, 2.45) is 17.8 Å². The molecule has 4 atom stereocenters. The lowest BCUT2D eigenvalue weighted by Gasteiger charge is -2.42. The van der Waals surface area contributed by atoms with Crippen LogP contribution in [0, 0.1) is 35.2 Å². The highest BCUT2D eigenvalue weighted by molar-refractivity contribution is 5.91. The van der Waals surface area contributed by atoms with Crippen molar-refractivity contribution >= 4 is 5.97 Å². The summed E-state index contributed by atoms with van der Waals surface area (Å²) in [6, 6.07) is 4.46. The fraction of sp³-hybridized carbons (Fsp3) is 0.464. The maximum Gasteiger partial charge on any atom is 0.422 e. The summed E-state index contributed by atoms with van der Waals surface area (Å²) in [5.41, 5.74) is -1.75. The second-order valence-corrected chi connectivity index (χ2v) is 9.96. The van der Waals surface area contributed by atoms with E-state index in [1.807, 2.05) is 6.08 Å². The second-order valence-electron chi connectivity index (χ2n) is 9.96. The van der Waals surface area contributed by atoms with Gasteiger partial charge in [0.05, 0.1) is 5.56 Å². The molecule has 0 amide bonds. The quantitative estimate of drug-likeness (QED) is 0.168. The Bertz CT molecular complexity index is 1100. The fourth-order valence-corrected chi connectivity index (χ4v) is 5.92. The molecule has 36 heavy (non-hydrogen) atoms. The minimum Gasteiger partial charge on any atom is -0.423 e. The molecule has 4 rings (SSSR count). The van der Waals surface area contributed by atoms with Gasteiger partial charge in [0.2, 0.25) is 0 Å². The van der Waals surface area contributed by atoms with Gasteiger partial charge >= 0.3 is 12.1 Å². The number of rotatable bonds is 6. The van der Waals surface area contributed by atoms with Crippen molar-refractivity contribution in [1.82, 2.24) is 0 Å². The van der Waals surface area contributed by atoms with Crippen molar-refractivity contribution < 1.29 is 35.9 Å². The van der Waals surface area contributed by atoms with Crippen LogP contribution in [0.4, 0.5) is 26.3 Å². The van der Waals surface area contributed by atoms with Crippen molar-refractivity contribution in [3.63, 3.8) is 0 Å². The van der Waals surface area contributed by atoms with Crippen molar-refractivity contribution in [1.29, 1.82) is 0 Å². The van der Waals surface area contributed by atoms with E-state index in [4.69, 9.17) is 4.74 Å². The number of allylic oxidation sites excluding steroid dienone is 1. The molecule has 2 aliphatic rings. The summed E-state index contributed by atoms with van der Waals surface area (Å²) in [6.45, 7) is 3.80. The van der Waals surface area contributed by atoms with Crippen LogP contribution in [-0.4, -0.2) is 5.97 Å². The van der Waals surface area contributed by atoms with E-state index < -0.39 is 40.9 Å². The molecule has 2 aliphatic carbocycles. The third kappa shape index (κ3) is 5.79. The normalized spacial score (nSPS) is 24.2. The number of carbonyl (C=O) groups excluding carboxylic acids is 1. The highest BCUT2D eigenvalue weighted by atomic mass is 19.4. The van der Waals surface area contributed by atoms with Gasteiger partial charge in [0, 0.05) is 12.1 Å². The lowest BCUT2D eigenvalue weighted by Crippen LogP contribution is -2.30. The number of esters is 1. The minimum absolute atomic E-state index is 0.0409. The van der Waals surface area contributed by atoms with Crippen molar-refractivity contribution in [2.75, 3.05) is 0 Å². The van der Waals surface area contributed by atoms with Crippen LogP contribution in [0.15, 0.2) is 43.0 Å². The number of halogens is 6. The van der Waals surface area contributed by atoms with E-state index in [9.17, 15) is 26.7 Å². The van der Waals surface area contributed by atoms with E-state index in [0.717, 1.165) is 44.1 Å². The van der Waals surface area contributed by atoms with E-state index in [0.29, 0.717) is 17.4 Å². The molecule has 0 radical (unpaired) electrons. The largest absolute Gasteiger partial charge is 0.423 e. The molecule has 194 valence electrons. The van der Waals surface area contributed by atoms with Crippen molar-refractivity contribution in [2.45, 2.75) is 63.5 Å². The summed E-state index contributed by atoms with van der Waals surface area (Å²) in [6.07, 6.45) is 5.25. The molecule has 2 saturated carbocycles. The summed E-state index contributed by atoms with van der Waals surface area (Å²) in [5.74, 6) is -4.26. The summed E-state index contributed by atoms with van der Waals surface area (Å²) in [7, 11) is 0. The van der Waals surface area contributed by atoms with Crippen LogP contribution in [0.5, 0.6) is 5.75 Å². The highest BCUT2D eigenvalue weighted by Crippen LogP contribution is 2.48. The molecule has 8 heteroatoms. The van der Waals surface area contributed by atoms with Crippen LogP contribution >= 0.6 is 0 Å². The van der Waals surface area contributed by atoms with Gasteiger partial charge in [-0.1, -0.05) is 18.6 Å². The molecule has 2 aromatic rings. The van der Waals surface area contributed by atoms with E-state index in [-0.39, 0.29) is 23.6 Å². The molecule has 0 aliphatic heterocycles. The van der Waals surface area contributed by atoms with Crippen LogP contribution in [0.25, 0.3) is 0 Å². The topological polar surface area (TPSA) is 26.3 Å². The van der Waals surface area contributed by atoms with Gasteiger partial charge < -0.3 is 4.74 Å². The zero-order valence-corrected chi connectivity index (χ0v) is 19.7. The predicted molar refractivity (Wildman–Crippen MR) is 123 cm³/mol. The zero-order chi connectivity index (χ0) is 26.0. The van der Waals surface area contributed by atoms with Gasteiger partial charge in [-0.3, -0.25) is 0 Å². The number of carbonyl (C=O) groups is 1. The van der Waals surface area contributed by atoms with Gasteiger partial charge in [-0.25, -0.2) is 18.0 Å². The van der Waals surface area contributed by atoms with Crippen LogP contribution < -0.4 is 4.74 Å². The Morgan fingerprint density at radius 3 is 2.25 bits per heavy atom. The van der Waals surface area contributed by atoms with Gasteiger partial charge in [-0.2, -0.15) is 13.2 Å². The molecule has 0 heterocycles. The van der Waals surface area contributed by atoms with Crippen molar-refractivity contribution in [3.05, 3.63) is 77.1 Å². The smallest absolute Gasteiger partial charge is 0.422 e. The third-order valence-electron chi connectivity index (χ3n) is 7.69. The van der Waals surface area contributed by atoms with Gasteiger partial charge in [0.25, 0.3) is 0 Å². The maximum absolute atomic E-state index is 15.0. The van der Waals surface area contributed by atoms with E-state index in [1.165, 1.54) is 31.4 Å². The molecule has 0 aromatic heterocycles. The molecule has 0 saturated heterocycles. The predicted octanol–water partition coefficient (Wildman–Crippen LogP) is 8.61. The summed E-state index contributed by atoms with van der Waals surface area (Å²) in [5, 5.41) is 0. The molecule has 2 fully saturated rings. The van der Waals surface area contributed by atoms with Gasteiger partial charge in [0.15, 0.2) is 0 Å². The monoisotopic (exact) mass is 510 g/mol. The first-order chi connectivity index (χ1) is 17.1. The zero-order valence-electron chi connectivity index (χ0n) is 19.7. The first kappa shape index (κ1) is 26.3. The summed E-state index contributed by atoms with van der Waals surface area (Å²) >= 11 is 0. The Balaban J connectivity index is 1.41. The van der Waals surface area contributed by atoms with Gasteiger partial charge in [-0.05, 0) is 86.3 Å². The Morgan fingerprint density at radius 1 is 0.944 bits per heavy atom. The Hall–Kier alpha value is -2.77. The molecular weight excluding hydrogens is 482 g/mol. The maximum atomic E-state index is 15.0. The van der Waals surface area contributed by atoms with E-state index >= 15 is 4.39 Å². The Morgan fingerprint density at radius 2 is 1.61 bits per heavy atom. The van der Waals surface area contributed by atoms with Crippen LogP contribution in [0.1, 0.15) is 78.8 Å².